The first-order valence-electron chi connectivity index (χ1n) is 53.8. The van der Waals surface area contributed by atoms with Gasteiger partial charge in [0.25, 0.3) is 23.6 Å². The number of imide groups is 2. The molecule has 792 valence electrons. The zero-order valence-electron chi connectivity index (χ0n) is 90.1. The molecule has 14 rings (SSSR count). The lowest BCUT2D eigenvalue weighted by Gasteiger charge is -2.51. The number of aldehydes is 1. The Hall–Kier alpha value is -5.90. The van der Waals surface area contributed by atoms with Gasteiger partial charge in [0.1, 0.15) is 12.1 Å². The summed E-state index contributed by atoms with van der Waals surface area (Å²) in [5, 5.41) is 9.34. The van der Waals surface area contributed by atoms with Crippen LogP contribution >= 0.6 is 22.6 Å². The highest BCUT2D eigenvalue weighted by Gasteiger charge is 2.54. The van der Waals surface area contributed by atoms with Crippen LogP contribution < -0.4 is 0 Å². The Morgan fingerprint density at radius 2 is 0.867 bits per heavy atom. The van der Waals surface area contributed by atoms with Crippen molar-refractivity contribution in [3.63, 3.8) is 0 Å². The predicted molar refractivity (Wildman–Crippen MR) is 589 cm³/mol. The summed E-state index contributed by atoms with van der Waals surface area (Å²) in [5.74, 6) is 1.53. The second-order valence-electron chi connectivity index (χ2n) is 48.1. The number of aryl methyl sites for hydroxylation is 2. The van der Waals surface area contributed by atoms with E-state index in [4.69, 9.17) is 51.2 Å². The first kappa shape index (κ1) is 117. The van der Waals surface area contributed by atoms with Gasteiger partial charge >= 0.3 is 0 Å². The second kappa shape index (κ2) is 51.3. The highest BCUT2D eigenvalue weighted by molar-refractivity contribution is 14.1. The summed E-state index contributed by atoms with van der Waals surface area (Å²) in [4.78, 5) is 79.7. The van der Waals surface area contributed by atoms with Crippen LogP contribution in [0.25, 0.3) is 0 Å². The fourth-order valence-corrected chi connectivity index (χ4v) is 27.1. The Balaban J connectivity index is 0.000000216. The van der Waals surface area contributed by atoms with Crippen LogP contribution in [0.15, 0.2) is 168 Å². The van der Waals surface area contributed by atoms with Crippen molar-refractivity contribution >= 4 is 83.2 Å². The molecule has 0 spiro atoms. The van der Waals surface area contributed by atoms with Gasteiger partial charge in [0.05, 0.1) is 151 Å². The molecule has 8 saturated heterocycles. The van der Waals surface area contributed by atoms with Crippen LogP contribution in [0.5, 0.6) is 0 Å². The van der Waals surface area contributed by atoms with E-state index in [0.717, 1.165) is 151 Å². The number of nitrogens with zero attached hydrogens (tertiary/aromatic N) is 2. The summed E-state index contributed by atoms with van der Waals surface area (Å²) in [5.41, 5.74) is 9.02. The number of carbonyl (C=O) groups is 6. The van der Waals surface area contributed by atoms with Crippen molar-refractivity contribution in [2.75, 3.05) is 19.7 Å². The van der Waals surface area contributed by atoms with Gasteiger partial charge in [0.2, 0.25) is 0 Å². The maximum Gasteiger partial charge on any atom is 0.261 e. The molecule has 10 heterocycles. The minimum atomic E-state index is -2.31. The number of ketones is 1. The predicted octanol–water partition coefficient (Wildman–Crippen LogP) is 26.2. The molecule has 8 fully saturated rings. The number of halogens is 1. The Morgan fingerprint density at radius 3 is 1.25 bits per heavy atom. The highest BCUT2D eigenvalue weighted by Crippen LogP contribution is 2.51. The van der Waals surface area contributed by atoms with E-state index < -0.39 is 25.0 Å². The lowest BCUT2D eigenvalue weighted by molar-refractivity contribution is -0.237. The van der Waals surface area contributed by atoms with Crippen molar-refractivity contribution in [1.29, 1.82) is 0 Å². The fraction of sp³-hybridized carbons (Fsp3) is 0.664. The number of hydrogen-bond acceptors (Lipinski definition) is 18. The molecule has 10 aliphatic heterocycles. The van der Waals surface area contributed by atoms with Crippen molar-refractivity contribution < 1.29 is 85.0 Å². The third kappa shape index (κ3) is 29.9. The number of benzene rings is 4. The summed E-state index contributed by atoms with van der Waals surface area (Å²) < 4.78 is 76.9. The molecule has 4 amide bonds. The van der Waals surface area contributed by atoms with Gasteiger partial charge in [-0.25, -0.2) is 0 Å². The molecule has 0 radical (unpaired) electrons. The molecule has 10 aliphatic rings. The van der Waals surface area contributed by atoms with Crippen molar-refractivity contribution in [1.82, 2.24) is 9.80 Å². The van der Waals surface area contributed by atoms with E-state index in [1.807, 2.05) is 24.3 Å². The molecule has 7 unspecified atom stereocenters. The second-order valence-corrected chi connectivity index (χ2v) is 63.1. The number of ether oxygens (including phenoxy) is 8. The average Bonchev–Trinajstić information content (AvgIpc) is 1.45. The topological polar surface area (TPSA) is 231 Å². The maximum atomic E-state index is 13.6. The fourth-order valence-electron chi connectivity index (χ4n) is 22.7. The van der Waals surface area contributed by atoms with Gasteiger partial charge in [-0.3, -0.25) is 33.8 Å². The summed E-state index contributed by atoms with van der Waals surface area (Å²) in [6.07, 6.45) is 21.3. The number of fused-ring (bicyclic) bond motifs is 3. The lowest BCUT2D eigenvalue weighted by atomic mass is 9.77. The summed E-state index contributed by atoms with van der Waals surface area (Å²) in [6, 6.07) is 35.5. The number of hydrogen-bond donors (Lipinski definition) is 1. The standard InChI is InChI=1S/C48H69NO7Si.C48H67NO7Si.C22H39IO4Si.CH4/c2*1-31-26-37(22-24-42-32(2)27-36(53-42)18-15-25-50)54-44(33(31)3)29-45-39(23-21-35-16-11-10-12-17-35)34(4)43(55-45)28-38(56-57(8,9)48(5,6)7)30-49-46(51)40-19-13-14-20-41(40)47(49)52;1-14(24)13-17-9-10-18-20(25-17)15(2)16(3)21(26-18)19(11-12-23)27-28(7,8)22(4,5)6;/h10-14,16-17,19-20,31,34,36-39,42-45,50H,2-3,15,18,21-30H2,1,4-9H3;10-14,16-17,19-20,25,31,34,36-39,42-45H,2-3,15,18,21-24,26-30H2,1,4-9H3;11-12,15-21H,9-10,13H2,1-8H3;1H4/b;;12-11+;/t2*31-,34-,36+,37+,38+,39?,42?,43-,44?,45+;15-,16+,17-,18+,19+,20?,21-;/m111./s1. The van der Waals surface area contributed by atoms with Crippen molar-refractivity contribution in [2.24, 2.45) is 47.3 Å². The van der Waals surface area contributed by atoms with Gasteiger partial charge < -0.3 is 61.1 Å². The van der Waals surface area contributed by atoms with Gasteiger partial charge in [-0.1, -0.05) is 245 Å². The average molecular weight is 2140 g/mol. The quantitative estimate of drug-likeness (QED) is 0.0143. The smallest absolute Gasteiger partial charge is 0.261 e. The number of carbonyl (C=O) groups excluding carboxylic acids is 6. The zero-order valence-corrected chi connectivity index (χ0v) is 95.2. The minimum Gasteiger partial charge on any atom is -0.412 e. The molecule has 1 N–H and O–H groups in total. The molecule has 0 aromatic heterocycles. The van der Waals surface area contributed by atoms with Crippen molar-refractivity contribution in [3.8, 4) is 0 Å². The number of aliphatic hydroxyl groups is 1. The van der Waals surface area contributed by atoms with Crippen molar-refractivity contribution in [2.45, 2.75) is 436 Å². The Morgan fingerprint density at radius 1 is 0.476 bits per heavy atom. The van der Waals surface area contributed by atoms with Gasteiger partial charge in [-0.2, -0.15) is 0 Å². The van der Waals surface area contributed by atoms with Crippen LogP contribution in [0.3, 0.4) is 0 Å². The molecule has 0 bridgehead atoms. The number of rotatable bonds is 40. The molecule has 4 aromatic carbocycles. The summed E-state index contributed by atoms with van der Waals surface area (Å²) in [7, 11) is -6.53. The van der Waals surface area contributed by atoms with E-state index in [0.29, 0.717) is 71.6 Å². The van der Waals surface area contributed by atoms with Gasteiger partial charge in [-0.15, -0.1) is 0 Å². The van der Waals surface area contributed by atoms with Crippen LogP contribution in [-0.2, 0) is 73.6 Å². The SMILES string of the molecule is C.C=C1C[C@H](CCC=O)OC1CC[C@H]1C[C@@H](C)C(=C)C(C[C@@H]2O[C@H](C[C@@H](CN3C(=O)c4ccccc4C3=O)O[Si](C)(C)C(C)(C)C)[C@H](C)C2CCc2ccccc2)O1.C=C1C[C@H](CCCO)OC1CC[C@H]1C[C@@H](C)C(=C)C(C[C@@H]2O[C@H](C[C@@H](CN3C(=O)c4ccccc4C3=O)O[Si](C)(C)C(C)(C)C)[C@H](C)C2CCc2ccccc2)O1.CC(=O)C[C@H]1CC[C@@H]2O[C@@H]([C@H](/C=C/I)O[Si](C)(C)C(C)(C)C)[C@@H](C)[C@@H](C)C2O1. The number of Topliss-reactive ketones (excluding diaryl/α,β-unsaturated/α-hetero) is 1. The molecular weight excluding hydrogens is 1960 g/mol. The molecule has 143 heavy (non-hydrogen) atoms. The van der Waals surface area contributed by atoms with Gasteiger partial charge in [0.15, 0.2) is 25.0 Å². The van der Waals surface area contributed by atoms with E-state index >= 15 is 0 Å². The van der Waals surface area contributed by atoms with E-state index in [9.17, 15) is 33.9 Å². The molecule has 4 aromatic rings. The zero-order chi connectivity index (χ0) is 103. The third-order valence-corrected chi connectivity index (χ3v) is 48.8. The molecule has 0 saturated carbocycles. The largest absolute Gasteiger partial charge is 0.412 e. The molecule has 24 heteroatoms. The van der Waals surface area contributed by atoms with Crippen LogP contribution in [0.2, 0.25) is 54.4 Å². The van der Waals surface area contributed by atoms with Crippen LogP contribution in [0, 0.1) is 47.3 Å². The molecule has 0 aliphatic carbocycles. The van der Waals surface area contributed by atoms with E-state index in [1.54, 1.807) is 31.2 Å². The Kier molecular flexibility index (Phi) is 42.1. The van der Waals surface area contributed by atoms with Crippen LogP contribution in [0.1, 0.15) is 306 Å². The molecule has 20 nitrogen and oxygen atoms in total. The molecule has 27 atom stereocenters. The van der Waals surface area contributed by atoms with E-state index in [2.05, 4.69) is 263 Å². The first-order chi connectivity index (χ1) is 67.0. The normalized spacial score (nSPS) is 30.9. The number of aliphatic hydroxyl groups excluding tert-OH is 1. The lowest BCUT2D eigenvalue weighted by Crippen LogP contribution is -2.58. The Labute approximate surface area is 876 Å². The third-order valence-electron chi connectivity index (χ3n) is 34.8. The highest BCUT2D eigenvalue weighted by atomic mass is 127. The van der Waals surface area contributed by atoms with Crippen LogP contribution in [0.4, 0.5) is 0 Å². The van der Waals surface area contributed by atoms with Crippen LogP contribution in [-0.4, -0.2) is 211 Å². The van der Waals surface area contributed by atoms with E-state index in [1.165, 1.54) is 20.9 Å². The van der Waals surface area contributed by atoms with Crippen molar-refractivity contribution in [3.05, 3.63) is 201 Å². The van der Waals surface area contributed by atoms with E-state index in [-0.39, 0.29) is 211 Å². The summed E-state index contributed by atoms with van der Waals surface area (Å²) >= 11 is 2.28. The number of amides is 4. The summed E-state index contributed by atoms with van der Waals surface area (Å²) in [6.45, 7) is 67.4. The monoisotopic (exact) mass is 2140 g/mol. The van der Waals surface area contributed by atoms with Gasteiger partial charge in [0, 0.05) is 45.1 Å². The molecular formula is C119H179IN2O18Si3. The first-order valence-corrected chi connectivity index (χ1v) is 63.7. The Bertz CT molecular complexity index is 4870. The minimum absolute atomic E-state index is 0. The van der Waals surface area contributed by atoms with Gasteiger partial charge in [-0.05, 0) is 286 Å². The maximum absolute atomic E-state index is 13.6.